The first kappa shape index (κ1) is 15.8. The van der Waals surface area contributed by atoms with Crippen LogP contribution in [-0.4, -0.2) is 47.5 Å². The molecule has 0 radical (unpaired) electrons. The molecule has 1 spiro atoms. The number of nitrogens with zero attached hydrogens (tertiary/aromatic N) is 1. The van der Waals surface area contributed by atoms with Gasteiger partial charge in [-0.1, -0.05) is 36.7 Å². The molecule has 0 bridgehead atoms. The lowest BCUT2D eigenvalue weighted by Crippen LogP contribution is -2.51. The Bertz CT molecular complexity index is 400. The molecule has 0 aromatic rings. The number of imide groups is 1. The van der Waals surface area contributed by atoms with Crippen LogP contribution in [0.25, 0.3) is 0 Å². The molecule has 3 amide bonds. The molecule has 2 fully saturated rings. The maximum atomic E-state index is 12.6. The lowest BCUT2D eigenvalue weighted by Gasteiger charge is -2.33. The molecule has 1 atom stereocenters. The van der Waals surface area contributed by atoms with Gasteiger partial charge in [-0.25, -0.2) is 4.79 Å². The number of hydrogen-bond acceptors (Lipinski definition) is 3. The van der Waals surface area contributed by atoms with E-state index in [1.54, 1.807) is 0 Å². The van der Waals surface area contributed by atoms with Crippen molar-refractivity contribution >= 4 is 27.9 Å². The van der Waals surface area contributed by atoms with Gasteiger partial charge >= 0.3 is 6.03 Å². The summed E-state index contributed by atoms with van der Waals surface area (Å²) < 4.78 is 5.30. The lowest BCUT2D eigenvalue weighted by atomic mass is 9.81. The zero-order chi connectivity index (χ0) is 15.0. The minimum absolute atomic E-state index is 0.0372. The summed E-state index contributed by atoms with van der Waals surface area (Å²) >= 11 is 3.50. The summed E-state index contributed by atoms with van der Waals surface area (Å²) in [6.45, 7) is 7.90. The second-order valence-corrected chi connectivity index (χ2v) is 7.41. The molecule has 2 aliphatic rings. The number of urea groups is 1. The largest absolute Gasteiger partial charge is 0.381 e. The molecule has 6 heteroatoms. The fraction of sp³-hybridized carbons (Fsp3) is 0.857. The topological polar surface area (TPSA) is 58.6 Å². The SMILES string of the molecule is CC(C)(C)C(CBr)CN1C(=O)NC2(CCOCC2)C1=O. The lowest BCUT2D eigenvalue weighted by molar-refractivity contribution is -0.135. The van der Waals surface area contributed by atoms with Crippen LogP contribution in [0.1, 0.15) is 33.6 Å². The number of ether oxygens (including phenoxy) is 1. The van der Waals surface area contributed by atoms with Crippen LogP contribution < -0.4 is 5.32 Å². The average Bonchev–Trinajstić information content (AvgIpc) is 2.58. The Balaban J connectivity index is 2.13. The van der Waals surface area contributed by atoms with E-state index in [-0.39, 0.29) is 23.3 Å². The number of amides is 3. The summed E-state index contributed by atoms with van der Waals surface area (Å²) in [4.78, 5) is 26.2. The Kier molecular flexibility index (Phi) is 4.44. The second-order valence-electron chi connectivity index (χ2n) is 6.76. The average molecular weight is 347 g/mol. The summed E-state index contributed by atoms with van der Waals surface area (Å²) in [7, 11) is 0. The van der Waals surface area contributed by atoms with Crippen molar-refractivity contribution in [3.05, 3.63) is 0 Å². The highest BCUT2D eigenvalue weighted by Gasteiger charge is 2.52. The monoisotopic (exact) mass is 346 g/mol. The minimum Gasteiger partial charge on any atom is -0.381 e. The molecule has 0 aromatic heterocycles. The summed E-state index contributed by atoms with van der Waals surface area (Å²) in [6.07, 6.45) is 1.14. The van der Waals surface area contributed by atoms with Crippen molar-refractivity contribution in [2.24, 2.45) is 11.3 Å². The molecule has 2 aliphatic heterocycles. The number of hydrogen-bond donors (Lipinski definition) is 1. The molecule has 114 valence electrons. The highest BCUT2D eigenvalue weighted by Crippen LogP contribution is 2.33. The third kappa shape index (κ3) is 2.86. The fourth-order valence-corrected chi connectivity index (χ4v) is 3.85. The van der Waals surface area contributed by atoms with E-state index in [0.29, 0.717) is 32.6 Å². The summed E-state index contributed by atoms with van der Waals surface area (Å²) in [5, 5.41) is 3.66. The molecule has 0 aromatic carbocycles. The molecular formula is C14H23BrN2O3. The molecule has 20 heavy (non-hydrogen) atoms. The highest BCUT2D eigenvalue weighted by molar-refractivity contribution is 9.09. The van der Waals surface area contributed by atoms with Crippen LogP contribution in [0.4, 0.5) is 4.79 Å². The first-order valence-electron chi connectivity index (χ1n) is 7.08. The molecule has 2 heterocycles. The van der Waals surface area contributed by atoms with Crippen LogP contribution in [0.5, 0.6) is 0 Å². The van der Waals surface area contributed by atoms with E-state index in [2.05, 4.69) is 42.0 Å². The Morgan fingerprint density at radius 3 is 2.45 bits per heavy atom. The van der Waals surface area contributed by atoms with Gasteiger partial charge in [-0.2, -0.15) is 0 Å². The Morgan fingerprint density at radius 2 is 1.95 bits per heavy atom. The first-order valence-corrected chi connectivity index (χ1v) is 8.20. The first-order chi connectivity index (χ1) is 9.30. The summed E-state index contributed by atoms with van der Waals surface area (Å²) in [5.74, 6) is 0.146. The van der Waals surface area contributed by atoms with Crippen molar-refractivity contribution in [3.8, 4) is 0 Å². The highest BCUT2D eigenvalue weighted by atomic mass is 79.9. The number of carbonyl (C=O) groups excluding carboxylic acids is 2. The van der Waals surface area contributed by atoms with Crippen LogP contribution in [-0.2, 0) is 9.53 Å². The van der Waals surface area contributed by atoms with Crippen molar-refractivity contribution in [3.63, 3.8) is 0 Å². The summed E-state index contributed by atoms with van der Waals surface area (Å²) in [6, 6.07) is -0.257. The van der Waals surface area contributed by atoms with Gasteiger partial charge in [-0.3, -0.25) is 9.69 Å². The van der Waals surface area contributed by atoms with Crippen molar-refractivity contribution in [2.75, 3.05) is 25.1 Å². The normalized spacial score (nSPS) is 24.1. The Hall–Kier alpha value is -0.620. The van der Waals surface area contributed by atoms with Gasteiger partial charge in [0.25, 0.3) is 5.91 Å². The van der Waals surface area contributed by atoms with E-state index in [9.17, 15) is 9.59 Å². The van der Waals surface area contributed by atoms with Crippen LogP contribution >= 0.6 is 15.9 Å². The van der Waals surface area contributed by atoms with E-state index in [0.717, 1.165) is 5.33 Å². The molecule has 1 N–H and O–H groups in total. The van der Waals surface area contributed by atoms with Crippen molar-refractivity contribution in [2.45, 2.75) is 39.2 Å². The molecule has 2 saturated heterocycles. The van der Waals surface area contributed by atoms with Gasteiger partial charge in [0.1, 0.15) is 5.54 Å². The van der Waals surface area contributed by atoms with E-state index in [1.807, 2.05) is 0 Å². The molecule has 1 unspecified atom stereocenters. The summed E-state index contributed by atoms with van der Waals surface area (Å²) in [5.41, 5.74) is -0.681. The zero-order valence-corrected chi connectivity index (χ0v) is 14.0. The standard InChI is InChI=1S/C14H23BrN2O3/c1-13(2,3)10(8-15)9-17-11(18)14(16-12(17)19)4-6-20-7-5-14/h10H,4-9H2,1-3H3,(H,16,19). The van der Waals surface area contributed by atoms with Crippen molar-refractivity contribution in [1.29, 1.82) is 0 Å². The molecular weight excluding hydrogens is 324 g/mol. The van der Waals surface area contributed by atoms with Crippen molar-refractivity contribution in [1.82, 2.24) is 10.2 Å². The van der Waals surface area contributed by atoms with Crippen LogP contribution in [0.15, 0.2) is 0 Å². The van der Waals surface area contributed by atoms with Crippen LogP contribution in [0, 0.1) is 11.3 Å². The Morgan fingerprint density at radius 1 is 1.35 bits per heavy atom. The molecule has 5 nitrogen and oxygen atoms in total. The van der Waals surface area contributed by atoms with E-state index >= 15 is 0 Å². The Labute approximate surface area is 128 Å². The van der Waals surface area contributed by atoms with Crippen LogP contribution in [0.2, 0.25) is 0 Å². The number of alkyl halides is 1. The van der Waals surface area contributed by atoms with Gasteiger partial charge in [-0.05, 0) is 11.3 Å². The van der Waals surface area contributed by atoms with Gasteiger partial charge in [0.2, 0.25) is 0 Å². The minimum atomic E-state index is -0.718. The van der Waals surface area contributed by atoms with Crippen molar-refractivity contribution < 1.29 is 14.3 Å². The quantitative estimate of drug-likeness (QED) is 0.629. The van der Waals surface area contributed by atoms with Gasteiger partial charge in [0.05, 0.1) is 0 Å². The third-order valence-corrected chi connectivity index (χ3v) is 5.19. The maximum absolute atomic E-state index is 12.6. The fourth-order valence-electron chi connectivity index (χ4n) is 2.68. The van der Waals surface area contributed by atoms with Gasteiger partial charge in [-0.15, -0.1) is 0 Å². The predicted octanol–water partition coefficient (Wildman–Crippen LogP) is 2.14. The number of halogens is 1. The van der Waals surface area contributed by atoms with Gasteiger partial charge in [0, 0.05) is 37.9 Å². The van der Waals surface area contributed by atoms with E-state index in [4.69, 9.17) is 4.74 Å². The van der Waals surface area contributed by atoms with E-state index in [1.165, 1.54) is 4.90 Å². The van der Waals surface area contributed by atoms with Crippen LogP contribution in [0.3, 0.4) is 0 Å². The smallest absolute Gasteiger partial charge is 0.325 e. The molecule has 0 saturated carbocycles. The van der Waals surface area contributed by atoms with Gasteiger partial charge < -0.3 is 10.1 Å². The molecule has 2 rings (SSSR count). The third-order valence-electron chi connectivity index (χ3n) is 4.41. The number of carbonyl (C=O) groups is 2. The molecule has 0 aliphatic carbocycles. The zero-order valence-electron chi connectivity index (χ0n) is 12.4. The predicted molar refractivity (Wildman–Crippen MR) is 79.8 cm³/mol. The van der Waals surface area contributed by atoms with E-state index < -0.39 is 5.54 Å². The van der Waals surface area contributed by atoms with Gasteiger partial charge in [0.15, 0.2) is 0 Å². The maximum Gasteiger partial charge on any atom is 0.325 e. The second kappa shape index (κ2) is 5.64. The number of nitrogens with one attached hydrogen (secondary N) is 1. The number of rotatable bonds is 3.